The summed E-state index contributed by atoms with van der Waals surface area (Å²) in [6.45, 7) is 2.45. The van der Waals surface area contributed by atoms with Crippen LogP contribution in [-0.2, 0) is 0 Å². The van der Waals surface area contributed by atoms with E-state index in [1.807, 2.05) is 6.92 Å². The number of ether oxygens (including phenoxy) is 2. The van der Waals surface area contributed by atoms with Crippen molar-refractivity contribution in [2.75, 3.05) is 20.8 Å². The molecule has 0 aliphatic carbocycles. The normalized spacial score (nSPS) is 13.7. The van der Waals surface area contributed by atoms with Crippen LogP contribution in [0.3, 0.4) is 0 Å². The lowest BCUT2D eigenvalue weighted by Crippen LogP contribution is -2.30. The molecule has 1 aromatic carbocycles. The summed E-state index contributed by atoms with van der Waals surface area (Å²) in [5.74, 6) is 0.333. The highest BCUT2D eigenvalue weighted by atomic mass is 16.5. The van der Waals surface area contributed by atoms with Gasteiger partial charge in [-0.1, -0.05) is 13.3 Å². The smallest absolute Gasteiger partial charge is 0.265 e. The van der Waals surface area contributed by atoms with Crippen LogP contribution in [0.2, 0.25) is 0 Å². The maximum absolute atomic E-state index is 12.3. The fraction of sp³-hybridized carbons (Fsp3) is 0.429. The average molecular weight is 263 g/mol. The van der Waals surface area contributed by atoms with Gasteiger partial charge in [0, 0.05) is 12.6 Å². The number of imide groups is 1. The summed E-state index contributed by atoms with van der Waals surface area (Å²) < 4.78 is 10.3. The van der Waals surface area contributed by atoms with Crippen LogP contribution >= 0.6 is 0 Å². The Bertz CT molecular complexity index is 524. The topological polar surface area (TPSA) is 55.8 Å². The number of fused-ring (bicyclic) bond motifs is 1. The largest absolute Gasteiger partial charge is 0.497 e. The summed E-state index contributed by atoms with van der Waals surface area (Å²) in [5.41, 5.74) is 0.696. The highest BCUT2D eigenvalue weighted by Gasteiger charge is 2.38. The Balaban J connectivity index is 2.46. The number of methoxy groups -OCH3 is 2. The third-order valence-electron chi connectivity index (χ3n) is 3.20. The summed E-state index contributed by atoms with van der Waals surface area (Å²) in [6, 6.07) is 3.21. The van der Waals surface area contributed by atoms with Gasteiger partial charge in [-0.3, -0.25) is 14.5 Å². The maximum Gasteiger partial charge on any atom is 0.265 e. The second kappa shape index (κ2) is 5.30. The molecule has 0 bridgehead atoms. The standard InChI is InChI=1S/C14H17NO4/c1-4-5-6-15-13(16)10-7-9(18-2)8-11(19-3)12(10)14(15)17/h7-8H,4-6H2,1-3H3. The van der Waals surface area contributed by atoms with Gasteiger partial charge < -0.3 is 9.47 Å². The number of hydrogen-bond donors (Lipinski definition) is 0. The molecule has 1 aliphatic rings. The molecular formula is C14H17NO4. The lowest BCUT2D eigenvalue weighted by molar-refractivity contribution is 0.0651. The Labute approximate surface area is 112 Å². The third-order valence-corrected chi connectivity index (χ3v) is 3.20. The molecule has 5 nitrogen and oxygen atoms in total. The summed E-state index contributed by atoms with van der Waals surface area (Å²) in [7, 11) is 2.98. The van der Waals surface area contributed by atoms with Gasteiger partial charge in [-0.2, -0.15) is 0 Å². The van der Waals surface area contributed by atoms with E-state index in [0.717, 1.165) is 12.8 Å². The van der Waals surface area contributed by atoms with Crippen molar-refractivity contribution in [1.29, 1.82) is 0 Å². The molecule has 0 saturated carbocycles. The van der Waals surface area contributed by atoms with Gasteiger partial charge in [-0.05, 0) is 12.5 Å². The Morgan fingerprint density at radius 3 is 2.42 bits per heavy atom. The monoisotopic (exact) mass is 263 g/mol. The number of carbonyl (C=O) groups excluding carboxylic acids is 2. The molecule has 0 aromatic heterocycles. The van der Waals surface area contributed by atoms with Crippen LogP contribution in [0.5, 0.6) is 11.5 Å². The van der Waals surface area contributed by atoms with E-state index in [1.165, 1.54) is 19.1 Å². The quantitative estimate of drug-likeness (QED) is 0.763. The number of benzene rings is 1. The summed E-state index contributed by atoms with van der Waals surface area (Å²) in [4.78, 5) is 25.8. The minimum atomic E-state index is -0.284. The van der Waals surface area contributed by atoms with Gasteiger partial charge in [-0.15, -0.1) is 0 Å². The third kappa shape index (κ3) is 2.16. The second-order valence-electron chi connectivity index (χ2n) is 4.37. The molecule has 0 spiro atoms. The lowest BCUT2D eigenvalue weighted by atomic mass is 10.1. The lowest BCUT2D eigenvalue weighted by Gasteiger charge is -2.12. The first-order valence-electron chi connectivity index (χ1n) is 6.26. The van der Waals surface area contributed by atoms with Crippen LogP contribution < -0.4 is 9.47 Å². The molecule has 0 unspecified atom stereocenters. The van der Waals surface area contributed by atoms with Gasteiger partial charge in [0.2, 0.25) is 0 Å². The van der Waals surface area contributed by atoms with Gasteiger partial charge in [0.15, 0.2) is 0 Å². The molecule has 0 saturated heterocycles. The van der Waals surface area contributed by atoms with Gasteiger partial charge in [0.25, 0.3) is 11.8 Å². The fourth-order valence-electron chi connectivity index (χ4n) is 2.15. The molecular weight excluding hydrogens is 246 g/mol. The Kier molecular flexibility index (Phi) is 3.74. The minimum absolute atomic E-state index is 0.273. The predicted molar refractivity (Wildman–Crippen MR) is 69.8 cm³/mol. The van der Waals surface area contributed by atoms with Crippen molar-refractivity contribution < 1.29 is 19.1 Å². The van der Waals surface area contributed by atoms with E-state index in [4.69, 9.17) is 9.47 Å². The molecule has 19 heavy (non-hydrogen) atoms. The Morgan fingerprint density at radius 2 is 1.84 bits per heavy atom. The zero-order valence-corrected chi connectivity index (χ0v) is 11.4. The molecule has 1 aromatic rings. The number of amides is 2. The Hall–Kier alpha value is -2.04. The first-order chi connectivity index (χ1) is 9.13. The van der Waals surface area contributed by atoms with Crippen molar-refractivity contribution >= 4 is 11.8 Å². The molecule has 5 heteroatoms. The molecule has 1 heterocycles. The zero-order valence-electron chi connectivity index (χ0n) is 11.4. The van der Waals surface area contributed by atoms with Gasteiger partial charge in [0.05, 0.1) is 25.3 Å². The molecule has 0 atom stereocenters. The summed E-state index contributed by atoms with van der Waals surface area (Å²) in [5, 5.41) is 0. The second-order valence-corrected chi connectivity index (χ2v) is 4.37. The van der Waals surface area contributed by atoms with Gasteiger partial charge >= 0.3 is 0 Å². The molecule has 2 rings (SSSR count). The van der Waals surface area contributed by atoms with Crippen LogP contribution in [-0.4, -0.2) is 37.5 Å². The van der Waals surface area contributed by atoms with E-state index in [-0.39, 0.29) is 11.8 Å². The van der Waals surface area contributed by atoms with Crippen LogP contribution in [0.1, 0.15) is 40.5 Å². The molecule has 2 amide bonds. The number of rotatable bonds is 5. The van der Waals surface area contributed by atoms with Crippen molar-refractivity contribution in [3.05, 3.63) is 23.3 Å². The van der Waals surface area contributed by atoms with Crippen LogP contribution in [0, 0.1) is 0 Å². The minimum Gasteiger partial charge on any atom is -0.497 e. The summed E-state index contributed by atoms with van der Waals surface area (Å²) in [6.07, 6.45) is 1.72. The van der Waals surface area contributed by atoms with Crippen LogP contribution in [0.25, 0.3) is 0 Å². The predicted octanol–water partition coefficient (Wildman–Crippen LogP) is 2.10. The van der Waals surface area contributed by atoms with Crippen molar-refractivity contribution in [2.24, 2.45) is 0 Å². The highest BCUT2D eigenvalue weighted by Crippen LogP contribution is 2.35. The van der Waals surface area contributed by atoms with Crippen LogP contribution in [0.15, 0.2) is 12.1 Å². The zero-order chi connectivity index (χ0) is 14.0. The van der Waals surface area contributed by atoms with Crippen molar-refractivity contribution in [3.8, 4) is 11.5 Å². The van der Waals surface area contributed by atoms with Crippen LogP contribution in [0.4, 0.5) is 0 Å². The molecule has 0 fully saturated rings. The SMILES string of the molecule is CCCCN1C(=O)c2cc(OC)cc(OC)c2C1=O. The van der Waals surface area contributed by atoms with E-state index in [2.05, 4.69) is 0 Å². The molecule has 102 valence electrons. The first kappa shape index (κ1) is 13.4. The van der Waals surface area contributed by atoms with E-state index in [1.54, 1.807) is 12.1 Å². The van der Waals surface area contributed by atoms with Crippen molar-refractivity contribution in [1.82, 2.24) is 4.90 Å². The van der Waals surface area contributed by atoms with Gasteiger partial charge in [-0.25, -0.2) is 0 Å². The average Bonchev–Trinajstić information content (AvgIpc) is 2.68. The number of unbranched alkanes of at least 4 members (excludes halogenated alkanes) is 1. The highest BCUT2D eigenvalue weighted by molar-refractivity contribution is 6.22. The van der Waals surface area contributed by atoms with E-state index < -0.39 is 0 Å². The van der Waals surface area contributed by atoms with Crippen molar-refractivity contribution in [3.63, 3.8) is 0 Å². The molecule has 1 aliphatic heterocycles. The fourth-order valence-corrected chi connectivity index (χ4v) is 2.15. The van der Waals surface area contributed by atoms with E-state index in [9.17, 15) is 9.59 Å². The van der Waals surface area contributed by atoms with Gasteiger partial charge in [0.1, 0.15) is 11.5 Å². The van der Waals surface area contributed by atoms with E-state index in [0.29, 0.717) is 29.2 Å². The Morgan fingerprint density at radius 1 is 1.11 bits per heavy atom. The molecule has 0 N–H and O–H groups in total. The van der Waals surface area contributed by atoms with E-state index >= 15 is 0 Å². The number of nitrogens with zero attached hydrogens (tertiary/aromatic N) is 1. The summed E-state index contributed by atoms with van der Waals surface area (Å²) >= 11 is 0. The number of carbonyl (C=O) groups is 2. The first-order valence-corrected chi connectivity index (χ1v) is 6.26. The number of hydrogen-bond acceptors (Lipinski definition) is 4. The maximum atomic E-state index is 12.3. The molecule has 0 radical (unpaired) electrons. The van der Waals surface area contributed by atoms with Crippen molar-refractivity contribution in [2.45, 2.75) is 19.8 Å².